The molecule has 0 aliphatic heterocycles. The average molecular weight is 348 g/mol. The Bertz CT molecular complexity index is 380. The molecule has 20 heavy (non-hydrogen) atoms. The zero-order valence-electron chi connectivity index (χ0n) is 13.7. The van der Waals surface area contributed by atoms with Crippen LogP contribution in [0.25, 0.3) is 0 Å². The minimum Gasteiger partial charge on any atom is -0.273 e. The largest absolute Gasteiger partial charge is 0.273 e. The predicted octanol–water partition coefficient (Wildman–Crippen LogP) is 5.55. The normalized spacial score (nSPS) is 18.6. The minimum atomic E-state index is 0.557. The smallest absolute Gasteiger partial charge is 0.109 e. The zero-order chi connectivity index (χ0) is 15.4. The summed E-state index contributed by atoms with van der Waals surface area (Å²) in [6.07, 6.45) is 19.6. The van der Waals surface area contributed by atoms with Gasteiger partial charge in [-0.25, -0.2) is 17.7 Å². The number of hydrogen-bond donors (Lipinski definition) is 0. The molecular formula is C19H28Zr. The van der Waals surface area contributed by atoms with Gasteiger partial charge in [0.1, 0.15) is 0 Å². The van der Waals surface area contributed by atoms with Crippen molar-refractivity contribution < 1.29 is 24.2 Å². The first kappa shape index (κ1) is 19.7. The molecule has 1 atom stereocenters. The predicted molar refractivity (Wildman–Crippen MR) is 87.1 cm³/mol. The Hall–Kier alpha value is -0.287. The molecule has 0 nitrogen and oxygen atoms in total. The first-order valence-electron chi connectivity index (χ1n) is 7.52. The van der Waals surface area contributed by atoms with Crippen molar-refractivity contribution in [2.45, 2.75) is 60.3 Å². The van der Waals surface area contributed by atoms with Crippen LogP contribution in [0.1, 0.15) is 60.3 Å². The second-order valence-corrected chi connectivity index (χ2v) is 7.81. The molecule has 0 bridgehead atoms. The first-order chi connectivity index (χ1) is 9.47. The van der Waals surface area contributed by atoms with Crippen molar-refractivity contribution in [3.63, 3.8) is 0 Å². The van der Waals surface area contributed by atoms with Gasteiger partial charge in [-0.1, -0.05) is 46.0 Å². The average Bonchev–Trinajstić information content (AvgIpc) is 2.99. The van der Waals surface area contributed by atoms with E-state index in [2.05, 4.69) is 58.9 Å². The monoisotopic (exact) mass is 346 g/mol. The molecule has 1 heteroatoms. The molecule has 108 valence electrons. The van der Waals surface area contributed by atoms with E-state index in [0.29, 0.717) is 5.92 Å². The summed E-state index contributed by atoms with van der Waals surface area (Å²) in [5.41, 5.74) is 2.91. The maximum atomic E-state index is 3.40. The van der Waals surface area contributed by atoms with E-state index in [1.807, 2.05) is 12.2 Å². The van der Waals surface area contributed by atoms with Crippen molar-refractivity contribution in [2.75, 3.05) is 0 Å². The second-order valence-electron chi connectivity index (χ2n) is 5.36. The fraction of sp³-hybridized carbons (Fsp3) is 0.526. The molecule has 1 unspecified atom stereocenters. The van der Waals surface area contributed by atoms with Crippen molar-refractivity contribution >= 4 is 3.21 Å². The Balaban J connectivity index is 0.000000331. The van der Waals surface area contributed by atoms with Crippen LogP contribution in [0.15, 0.2) is 35.5 Å². The van der Waals surface area contributed by atoms with Gasteiger partial charge in [0.2, 0.25) is 0 Å². The molecule has 0 saturated carbocycles. The van der Waals surface area contributed by atoms with Crippen LogP contribution in [0, 0.1) is 18.1 Å². The van der Waals surface area contributed by atoms with Crippen LogP contribution in [0.5, 0.6) is 0 Å². The van der Waals surface area contributed by atoms with Crippen molar-refractivity contribution in [2.24, 2.45) is 5.92 Å². The van der Waals surface area contributed by atoms with Crippen molar-refractivity contribution in [1.82, 2.24) is 0 Å². The molecule has 0 saturated heterocycles. The molecule has 0 aromatic heterocycles. The summed E-state index contributed by atoms with van der Waals surface area (Å²) in [6, 6.07) is 0. The van der Waals surface area contributed by atoms with Gasteiger partial charge >= 0.3 is 41.3 Å². The van der Waals surface area contributed by atoms with Gasteiger partial charge in [0, 0.05) is 0 Å². The maximum absolute atomic E-state index is 3.40. The molecule has 0 amide bonds. The van der Waals surface area contributed by atoms with Crippen LogP contribution in [0.3, 0.4) is 0 Å². The maximum Gasteiger partial charge on any atom is -0.109 e. The van der Waals surface area contributed by atoms with E-state index in [1.54, 1.807) is 24.2 Å². The molecule has 0 fully saturated rings. The zero-order valence-corrected chi connectivity index (χ0v) is 16.2. The van der Waals surface area contributed by atoms with Crippen molar-refractivity contribution in [1.29, 1.82) is 0 Å². The van der Waals surface area contributed by atoms with E-state index < -0.39 is 0 Å². The van der Waals surface area contributed by atoms with Crippen LogP contribution in [0.2, 0.25) is 0 Å². The third kappa shape index (κ3) is 11.5. The summed E-state index contributed by atoms with van der Waals surface area (Å²) in [6.45, 7) is 10.9. The molecule has 0 radical (unpaired) electrons. The Morgan fingerprint density at radius 3 is 2.35 bits per heavy atom. The summed E-state index contributed by atoms with van der Waals surface area (Å²) in [5, 5.41) is 0. The van der Waals surface area contributed by atoms with E-state index in [1.165, 1.54) is 33.6 Å². The van der Waals surface area contributed by atoms with Gasteiger partial charge in [-0.05, 0) is 0 Å². The Morgan fingerprint density at radius 1 is 1.40 bits per heavy atom. The van der Waals surface area contributed by atoms with Gasteiger partial charge in [0.15, 0.2) is 0 Å². The molecule has 0 aromatic carbocycles. The van der Waals surface area contributed by atoms with Crippen LogP contribution in [0.4, 0.5) is 0 Å². The summed E-state index contributed by atoms with van der Waals surface area (Å²) in [4.78, 5) is 0. The van der Waals surface area contributed by atoms with Gasteiger partial charge in [0.25, 0.3) is 0 Å². The van der Waals surface area contributed by atoms with Gasteiger partial charge in [0.05, 0.1) is 0 Å². The van der Waals surface area contributed by atoms with Crippen LogP contribution in [-0.2, 0) is 24.2 Å². The summed E-state index contributed by atoms with van der Waals surface area (Å²) < 4.78 is 1.51. The van der Waals surface area contributed by atoms with Crippen LogP contribution < -0.4 is 0 Å². The van der Waals surface area contributed by atoms with E-state index in [4.69, 9.17) is 0 Å². The van der Waals surface area contributed by atoms with Crippen molar-refractivity contribution in [3.05, 3.63) is 47.6 Å². The third-order valence-electron chi connectivity index (χ3n) is 2.76. The van der Waals surface area contributed by atoms with Crippen molar-refractivity contribution in [3.8, 4) is 0 Å². The Kier molecular flexibility index (Phi) is 12.3. The Labute approximate surface area is 141 Å². The third-order valence-corrected chi connectivity index (χ3v) is 2.76. The fourth-order valence-corrected chi connectivity index (χ4v) is 1.88. The van der Waals surface area contributed by atoms with E-state index in [9.17, 15) is 0 Å². The molecule has 2 aliphatic carbocycles. The molecule has 0 N–H and O–H groups in total. The number of rotatable bonds is 3. The molecule has 0 aromatic rings. The number of allylic oxidation sites excluding steroid dienone is 8. The van der Waals surface area contributed by atoms with Gasteiger partial charge < -0.3 is 0 Å². The van der Waals surface area contributed by atoms with E-state index >= 15 is 0 Å². The first-order valence-corrected chi connectivity index (χ1v) is 8.74. The number of hydrogen-bond acceptors (Lipinski definition) is 0. The standard InChI is InChI=1S/C11H17.C5H5.C3H6.Zr/c1-4-5-6-11-8-9(2)7-10(11)3;1-2-4-5-3-1;1-3-2;/h8-9H,4-6H2,1-3H3;1-3H,4H2;1-2H3;/q2*-1;;+2. The fourth-order valence-electron chi connectivity index (χ4n) is 1.88. The van der Waals surface area contributed by atoms with Crippen LogP contribution in [-0.4, -0.2) is 3.21 Å². The number of unbranched alkanes of at least 4 members (excludes halogenated alkanes) is 1. The van der Waals surface area contributed by atoms with E-state index in [0.717, 1.165) is 6.42 Å². The molecule has 2 rings (SSSR count). The van der Waals surface area contributed by atoms with Gasteiger partial charge in [-0.2, -0.15) is 17.7 Å². The summed E-state index contributed by atoms with van der Waals surface area (Å²) in [5.74, 6) is 0.557. The van der Waals surface area contributed by atoms with Crippen LogP contribution >= 0.6 is 0 Å². The summed E-state index contributed by atoms with van der Waals surface area (Å²) in [7, 11) is 0. The topological polar surface area (TPSA) is 0 Å². The molecule has 0 spiro atoms. The van der Waals surface area contributed by atoms with Gasteiger partial charge in [-0.15, -0.1) is 6.42 Å². The summed E-state index contributed by atoms with van der Waals surface area (Å²) >= 11 is 1.55. The van der Waals surface area contributed by atoms with E-state index in [-0.39, 0.29) is 0 Å². The second kappa shape index (κ2) is 12.5. The van der Waals surface area contributed by atoms with Gasteiger partial charge in [-0.3, -0.25) is 12.2 Å². The molecule has 0 heterocycles. The molecule has 2 aliphatic rings. The Morgan fingerprint density at radius 2 is 2.05 bits per heavy atom. The molecular weight excluding hydrogens is 319 g/mol. The minimum absolute atomic E-state index is 0.557. The SMILES string of the molecule is CCCCC1=CC(C)[C-]=C1C.C[C](C)=[Zr+2].[C-]1=CC=CC1. The quantitative estimate of drug-likeness (QED) is 0.587.